The zero-order valence-corrected chi connectivity index (χ0v) is 9.76. The van der Waals surface area contributed by atoms with Crippen molar-refractivity contribution in [1.82, 2.24) is 5.32 Å². The van der Waals surface area contributed by atoms with Gasteiger partial charge in [-0.25, -0.2) is 0 Å². The summed E-state index contributed by atoms with van der Waals surface area (Å²) in [6.45, 7) is 6.83. The zero-order valence-electron chi connectivity index (χ0n) is 9.76. The molecule has 0 unspecified atom stereocenters. The van der Waals surface area contributed by atoms with Crippen LogP contribution in [-0.2, 0) is 11.3 Å². The van der Waals surface area contributed by atoms with Crippen LogP contribution in [0.5, 0.6) is 0 Å². The molecule has 15 heavy (non-hydrogen) atoms. The van der Waals surface area contributed by atoms with Gasteiger partial charge in [0.15, 0.2) is 0 Å². The largest absolute Gasteiger partial charge is 0.352 e. The van der Waals surface area contributed by atoms with E-state index >= 15 is 0 Å². The molecule has 1 rings (SSSR count). The van der Waals surface area contributed by atoms with Crippen LogP contribution in [0.3, 0.4) is 0 Å². The molecule has 0 atom stereocenters. The Morgan fingerprint density at radius 1 is 1.27 bits per heavy atom. The molecule has 0 heterocycles. The number of carbonyl (C=O) groups excluding carboxylic acids is 1. The molecule has 0 bridgehead atoms. The molecule has 0 aliphatic heterocycles. The van der Waals surface area contributed by atoms with Crippen molar-refractivity contribution in [2.75, 3.05) is 0 Å². The van der Waals surface area contributed by atoms with E-state index in [1.165, 1.54) is 16.7 Å². The molecule has 1 aromatic rings. The molecule has 0 radical (unpaired) electrons. The normalized spacial score (nSPS) is 10.1. The van der Waals surface area contributed by atoms with E-state index in [1.54, 1.807) is 0 Å². The number of nitrogens with one attached hydrogen (secondary N) is 1. The summed E-state index contributed by atoms with van der Waals surface area (Å²) in [6.07, 6.45) is 1.52. The molecule has 2 heteroatoms. The summed E-state index contributed by atoms with van der Waals surface area (Å²) < 4.78 is 0. The molecule has 0 fully saturated rings. The quantitative estimate of drug-likeness (QED) is 0.804. The van der Waals surface area contributed by atoms with Crippen molar-refractivity contribution in [3.8, 4) is 0 Å². The number of aryl methyl sites for hydroxylation is 2. The van der Waals surface area contributed by atoms with Gasteiger partial charge in [0.25, 0.3) is 0 Å². The van der Waals surface area contributed by atoms with Crippen LogP contribution < -0.4 is 5.32 Å². The smallest absolute Gasteiger partial charge is 0.220 e. The van der Waals surface area contributed by atoms with Crippen LogP contribution in [-0.4, -0.2) is 5.91 Å². The van der Waals surface area contributed by atoms with E-state index in [-0.39, 0.29) is 5.91 Å². The van der Waals surface area contributed by atoms with E-state index in [4.69, 9.17) is 0 Å². The third kappa shape index (κ3) is 3.74. The van der Waals surface area contributed by atoms with Crippen molar-refractivity contribution in [2.24, 2.45) is 0 Å². The van der Waals surface area contributed by atoms with Crippen molar-refractivity contribution in [3.63, 3.8) is 0 Å². The van der Waals surface area contributed by atoms with Crippen molar-refractivity contribution in [2.45, 2.75) is 40.2 Å². The monoisotopic (exact) mass is 205 g/mol. The maximum absolute atomic E-state index is 11.3. The van der Waals surface area contributed by atoms with E-state index < -0.39 is 0 Å². The number of hydrogen-bond donors (Lipinski definition) is 1. The molecule has 1 N–H and O–H groups in total. The van der Waals surface area contributed by atoms with E-state index in [0.717, 1.165) is 6.42 Å². The maximum Gasteiger partial charge on any atom is 0.220 e. The first kappa shape index (κ1) is 11.8. The third-order valence-corrected chi connectivity index (χ3v) is 2.54. The minimum Gasteiger partial charge on any atom is -0.352 e. The summed E-state index contributed by atoms with van der Waals surface area (Å²) in [5, 5.41) is 2.91. The second kappa shape index (κ2) is 5.54. The summed E-state index contributed by atoms with van der Waals surface area (Å²) in [7, 11) is 0. The van der Waals surface area contributed by atoms with Gasteiger partial charge in [-0.2, -0.15) is 0 Å². The van der Waals surface area contributed by atoms with Gasteiger partial charge in [-0.1, -0.05) is 25.1 Å². The fourth-order valence-corrected chi connectivity index (χ4v) is 1.43. The van der Waals surface area contributed by atoms with Crippen LogP contribution in [0, 0.1) is 13.8 Å². The van der Waals surface area contributed by atoms with Crippen molar-refractivity contribution < 1.29 is 4.79 Å². The SMILES string of the molecule is CCCC(=O)NCc1ccc(C)c(C)c1. The molecular formula is C13H19NO. The van der Waals surface area contributed by atoms with Gasteiger partial charge in [0.2, 0.25) is 5.91 Å². The van der Waals surface area contributed by atoms with E-state index in [2.05, 4.69) is 37.4 Å². The Bertz CT molecular complexity index is 344. The van der Waals surface area contributed by atoms with Crippen LogP contribution in [0.1, 0.15) is 36.5 Å². The molecular weight excluding hydrogens is 186 g/mol. The first-order valence-corrected chi connectivity index (χ1v) is 5.46. The van der Waals surface area contributed by atoms with Crippen LogP contribution in [0.25, 0.3) is 0 Å². The van der Waals surface area contributed by atoms with Gasteiger partial charge < -0.3 is 5.32 Å². The second-order valence-electron chi connectivity index (χ2n) is 3.95. The average Bonchev–Trinajstić information content (AvgIpc) is 2.20. The average molecular weight is 205 g/mol. The van der Waals surface area contributed by atoms with Gasteiger partial charge in [0.05, 0.1) is 0 Å². The van der Waals surface area contributed by atoms with Gasteiger partial charge in [-0.3, -0.25) is 4.79 Å². The summed E-state index contributed by atoms with van der Waals surface area (Å²) in [4.78, 5) is 11.3. The molecule has 1 amide bonds. The number of amides is 1. The Morgan fingerprint density at radius 2 is 2.00 bits per heavy atom. The van der Waals surface area contributed by atoms with Crippen LogP contribution in [0.2, 0.25) is 0 Å². The second-order valence-corrected chi connectivity index (χ2v) is 3.95. The molecule has 1 aromatic carbocycles. The minimum atomic E-state index is 0.135. The highest BCUT2D eigenvalue weighted by molar-refractivity contribution is 5.75. The predicted octanol–water partition coefficient (Wildman–Crippen LogP) is 2.72. The molecule has 0 saturated carbocycles. The number of rotatable bonds is 4. The number of hydrogen-bond acceptors (Lipinski definition) is 1. The molecule has 0 aromatic heterocycles. The minimum absolute atomic E-state index is 0.135. The Labute approximate surface area is 91.7 Å². The molecule has 82 valence electrons. The van der Waals surface area contributed by atoms with Gasteiger partial charge >= 0.3 is 0 Å². The van der Waals surface area contributed by atoms with E-state index in [1.807, 2.05) is 6.92 Å². The van der Waals surface area contributed by atoms with Gasteiger partial charge in [0, 0.05) is 13.0 Å². The van der Waals surface area contributed by atoms with Gasteiger partial charge in [-0.15, -0.1) is 0 Å². The van der Waals surface area contributed by atoms with Crippen LogP contribution in [0.4, 0.5) is 0 Å². The summed E-state index contributed by atoms with van der Waals surface area (Å²) in [5.74, 6) is 0.135. The summed E-state index contributed by atoms with van der Waals surface area (Å²) in [6, 6.07) is 6.28. The molecule has 0 aliphatic carbocycles. The Morgan fingerprint density at radius 3 is 2.60 bits per heavy atom. The molecule has 0 saturated heterocycles. The van der Waals surface area contributed by atoms with Crippen molar-refractivity contribution in [3.05, 3.63) is 34.9 Å². The summed E-state index contributed by atoms with van der Waals surface area (Å²) in [5.41, 5.74) is 3.73. The third-order valence-electron chi connectivity index (χ3n) is 2.54. The number of benzene rings is 1. The van der Waals surface area contributed by atoms with E-state index in [0.29, 0.717) is 13.0 Å². The zero-order chi connectivity index (χ0) is 11.3. The fourth-order valence-electron chi connectivity index (χ4n) is 1.43. The molecule has 2 nitrogen and oxygen atoms in total. The molecule has 0 spiro atoms. The van der Waals surface area contributed by atoms with Crippen LogP contribution >= 0.6 is 0 Å². The van der Waals surface area contributed by atoms with Crippen LogP contribution in [0.15, 0.2) is 18.2 Å². The highest BCUT2D eigenvalue weighted by atomic mass is 16.1. The predicted molar refractivity (Wildman–Crippen MR) is 62.7 cm³/mol. The topological polar surface area (TPSA) is 29.1 Å². The van der Waals surface area contributed by atoms with Crippen molar-refractivity contribution in [1.29, 1.82) is 0 Å². The van der Waals surface area contributed by atoms with Gasteiger partial charge in [-0.05, 0) is 37.0 Å². The standard InChI is InChI=1S/C13H19NO/c1-4-5-13(15)14-9-12-7-6-10(2)11(3)8-12/h6-8H,4-5,9H2,1-3H3,(H,14,15). The Kier molecular flexibility index (Phi) is 4.35. The fraction of sp³-hybridized carbons (Fsp3) is 0.462. The first-order chi connectivity index (χ1) is 7.13. The first-order valence-electron chi connectivity index (χ1n) is 5.46. The number of carbonyl (C=O) groups is 1. The highest BCUT2D eigenvalue weighted by Crippen LogP contribution is 2.09. The lowest BCUT2D eigenvalue weighted by Gasteiger charge is -2.06. The van der Waals surface area contributed by atoms with E-state index in [9.17, 15) is 4.79 Å². The summed E-state index contributed by atoms with van der Waals surface area (Å²) >= 11 is 0. The Hall–Kier alpha value is -1.31. The maximum atomic E-state index is 11.3. The van der Waals surface area contributed by atoms with Crippen molar-refractivity contribution >= 4 is 5.91 Å². The van der Waals surface area contributed by atoms with Gasteiger partial charge in [0.1, 0.15) is 0 Å². The lowest BCUT2D eigenvalue weighted by Crippen LogP contribution is -2.22. The lowest BCUT2D eigenvalue weighted by atomic mass is 10.1. The lowest BCUT2D eigenvalue weighted by molar-refractivity contribution is -0.121. The highest BCUT2D eigenvalue weighted by Gasteiger charge is 2.00. The molecule has 0 aliphatic rings. The Balaban J connectivity index is 2.51.